The summed E-state index contributed by atoms with van der Waals surface area (Å²) in [6.07, 6.45) is 1.61. The van der Waals surface area contributed by atoms with Gasteiger partial charge in [-0.3, -0.25) is 10.1 Å². The number of nitrogens with one attached hydrogen (secondary N) is 1. The number of anilines is 1. The van der Waals surface area contributed by atoms with Crippen molar-refractivity contribution in [2.75, 3.05) is 12.4 Å². The minimum Gasteiger partial charge on any atom is -0.496 e. The summed E-state index contributed by atoms with van der Waals surface area (Å²) in [5.41, 5.74) is 4.86. The monoisotopic (exact) mass is 367 g/mol. The molecule has 0 radical (unpaired) electrons. The molecule has 4 aromatic rings. The maximum Gasteiger partial charge on any atom is 0.274 e. The maximum absolute atomic E-state index is 12.6. The average molecular weight is 367 g/mol. The Morgan fingerprint density at radius 1 is 1.31 bits per heavy atom. The average Bonchev–Trinajstić information content (AvgIpc) is 3.33. The molecule has 3 heterocycles. The first-order valence-corrected chi connectivity index (χ1v) is 8.89. The van der Waals surface area contributed by atoms with Gasteiger partial charge in [-0.15, -0.1) is 11.3 Å². The molecule has 0 spiro atoms. The van der Waals surface area contributed by atoms with Crippen molar-refractivity contribution in [3.63, 3.8) is 0 Å². The number of carbonyl (C=O) groups excluding carboxylic acids is 1. The Morgan fingerprint density at radius 2 is 2.15 bits per heavy atom. The van der Waals surface area contributed by atoms with Gasteiger partial charge in [0, 0.05) is 30.1 Å². The highest BCUT2D eigenvalue weighted by Gasteiger charge is 2.17. The molecule has 0 aliphatic carbocycles. The number of benzene rings is 1. The molecule has 0 saturated heterocycles. The Morgan fingerprint density at radius 3 is 2.92 bits per heavy atom. The number of nitrogens with zero attached hydrogens (tertiary/aromatic N) is 2. The summed E-state index contributed by atoms with van der Waals surface area (Å²) in [6, 6.07) is 9.48. The minimum atomic E-state index is -0.226. The van der Waals surface area contributed by atoms with Gasteiger partial charge in [0.1, 0.15) is 11.4 Å². The number of hydrogen-bond donors (Lipinski definition) is 1. The number of amides is 1. The number of fused-ring (bicyclic) bond motifs is 1. The summed E-state index contributed by atoms with van der Waals surface area (Å²) in [5.74, 6) is 0.526. The lowest BCUT2D eigenvalue weighted by molar-refractivity contribution is 0.101. The predicted molar refractivity (Wildman–Crippen MR) is 102 cm³/mol. The van der Waals surface area contributed by atoms with Crippen molar-refractivity contribution in [3.05, 3.63) is 53.2 Å². The number of furan rings is 1. The smallest absolute Gasteiger partial charge is 0.274 e. The molecular formula is C19H17N3O3S. The standard InChI is InChI=1S/C19H17N3O3S/c1-11-4-5-16(24-3)12(8-11)13-10-26-19(20-13)21-18(23)15-9-17-14(22(15)2)6-7-25-17/h4-10H,1-3H3,(H,20,21,23). The van der Waals surface area contributed by atoms with Crippen LogP contribution in [-0.4, -0.2) is 22.6 Å². The summed E-state index contributed by atoms with van der Waals surface area (Å²) in [5, 5.41) is 5.30. The van der Waals surface area contributed by atoms with Gasteiger partial charge in [-0.25, -0.2) is 4.98 Å². The van der Waals surface area contributed by atoms with Crippen LogP contribution >= 0.6 is 11.3 Å². The van der Waals surface area contributed by atoms with Crippen molar-refractivity contribution in [3.8, 4) is 17.0 Å². The van der Waals surface area contributed by atoms with Gasteiger partial charge >= 0.3 is 0 Å². The van der Waals surface area contributed by atoms with E-state index in [1.807, 2.05) is 43.6 Å². The number of thiazole rings is 1. The van der Waals surface area contributed by atoms with Crippen molar-refractivity contribution in [2.45, 2.75) is 6.92 Å². The van der Waals surface area contributed by atoms with Gasteiger partial charge in [-0.1, -0.05) is 11.6 Å². The molecular weight excluding hydrogens is 350 g/mol. The van der Waals surface area contributed by atoms with E-state index in [9.17, 15) is 4.79 Å². The van der Waals surface area contributed by atoms with E-state index in [0.717, 1.165) is 28.1 Å². The molecule has 0 aliphatic rings. The lowest BCUT2D eigenvalue weighted by Crippen LogP contribution is -2.15. The third-order valence-electron chi connectivity index (χ3n) is 4.25. The van der Waals surface area contributed by atoms with Crippen LogP contribution < -0.4 is 10.1 Å². The lowest BCUT2D eigenvalue weighted by Gasteiger charge is -2.07. The van der Waals surface area contributed by atoms with Gasteiger partial charge in [0.25, 0.3) is 5.91 Å². The van der Waals surface area contributed by atoms with Crippen molar-refractivity contribution in [1.29, 1.82) is 0 Å². The molecule has 0 saturated carbocycles. The molecule has 4 rings (SSSR count). The second kappa shape index (κ2) is 6.34. The number of rotatable bonds is 4. The van der Waals surface area contributed by atoms with Crippen molar-refractivity contribution < 1.29 is 13.9 Å². The summed E-state index contributed by atoms with van der Waals surface area (Å²) >= 11 is 1.38. The summed E-state index contributed by atoms with van der Waals surface area (Å²) in [6.45, 7) is 2.02. The van der Waals surface area contributed by atoms with Crippen LogP contribution in [-0.2, 0) is 7.05 Å². The number of aryl methyl sites for hydroxylation is 2. The molecule has 132 valence electrons. The Balaban J connectivity index is 1.61. The van der Waals surface area contributed by atoms with Crippen molar-refractivity contribution in [2.24, 2.45) is 7.05 Å². The summed E-state index contributed by atoms with van der Waals surface area (Å²) in [4.78, 5) is 17.1. The van der Waals surface area contributed by atoms with E-state index in [-0.39, 0.29) is 5.91 Å². The predicted octanol–water partition coefficient (Wildman–Crippen LogP) is 4.46. The van der Waals surface area contributed by atoms with Crippen LogP contribution in [0.15, 0.2) is 46.4 Å². The van der Waals surface area contributed by atoms with Gasteiger partial charge in [-0.05, 0) is 19.1 Å². The highest BCUT2D eigenvalue weighted by Crippen LogP contribution is 2.33. The zero-order chi connectivity index (χ0) is 18.3. The molecule has 0 fully saturated rings. The first-order chi connectivity index (χ1) is 12.6. The Hall–Kier alpha value is -3.06. The molecule has 0 atom stereocenters. The highest BCUT2D eigenvalue weighted by atomic mass is 32.1. The molecule has 26 heavy (non-hydrogen) atoms. The number of aromatic nitrogens is 2. The van der Waals surface area contributed by atoms with E-state index < -0.39 is 0 Å². The maximum atomic E-state index is 12.6. The summed E-state index contributed by atoms with van der Waals surface area (Å²) < 4.78 is 12.6. The molecule has 0 unspecified atom stereocenters. The third-order valence-corrected chi connectivity index (χ3v) is 5.01. The van der Waals surface area contributed by atoms with Crippen LogP contribution in [0.25, 0.3) is 22.4 Å². The molecule has 6 nitrogen and oxygen atoms in total. The van der Waals surface area contributed by atoms with E-state index in [1.54, 1.807) is 24.0 Å². The number of carbonyl (C=O) groups is 1. The Bertz CT molecular complexity index is 1110. The first kappa shape index (κ1) is 16.4. The number of ether oxygens (including phenoxy) is 1. The van der Waals surface area contributed by atoms with Gasteiger partial charge in [-0.2, -0.15) is 0 Å². The van der Waals surface area contributed by atoms with Crippen LogP contribution in [0.4, 0.5) is 5.13 Å². The van der Waals surface area contributed by atoms with Crippen LogP contribution in [0.2, 0.25) is 0 Å². The second-order valence-corrected chi connectivity index (χ2v) is 6.81. The van der Waals surface area contributed by atoms with Crippen LogP contribution in [0.3, 0.4) is 0 Å². The van der Waals surface area contributed by atoms with Crippen LogP contribution in [0, 0.1) is 6.92 Å². The largest absolute Gasteiger partial charge is 0.496 e. The quantitative estimate of drug-likeness (QED) is 0.578. The molecule has 1 aromatic carbocycles. The van der Waals surface area contributed by atoms with Gasteiger partial charge in [0.05, 0.1) is 24.6 Å². The number of hydrogen-bond acceptors (Lipinski definition) is 5. The van der Waals surface area contributed by atoms with Gasteiger partial charge in [0.2, 0.25) is 0 Å². The molecule has 1 amide bonds. The van der Waals surface area contributed by atoms with E-state index in [0.29, 0.717) is 16.4 Å². The Labute approximate surface area is 154 Å². The van der Waals surface area contributed by atoms with E-state index in [2.05, 4.69) is 10.3 Å². The zero-order valence-corrected chi connectivity index (χ0v) is 15.4. The molecule has 0 bridgehead atoms. The van der Waals surface area contributed by atoms with E-state index in [1.165, 1.54) is 11.3 Å². The Kier molecular flexibility index (Phi) is 4.00. The SMILES string of the molecule is COc1ccc(C)cc1-c1csc(NC(=O)c2cc3occc3n2C)n1. The van der Waals surface area contributed by atoms with E-state index in [4.69, 9.17) is 9.15 Å². The fraction of sp³-hybridized carbons (Fsp3) is 0.158. The molecule has 3 aromatic heterocycles. The second-order valence-electron chi connectivity index (χ2n) is 5.95. The zero-order valence-electron chi connectivity index (χ0n) is 14.6. The molecule has 7 heteroatoms. The molecule has 1 N–H and O–H groups in total. The molecule has 0 aliphatic heterocycles. The summed E-state index contributed by atoms with van der Waals surface area (Å²) in [7, 11) is 3.46. The third kappa shape index (κ3) is 2.76. The minimum absolute atomic E-state index is 0.226. The van der Waals surface area contributed by atoms with Crippen molar-refractivity contribution >= 4 is 33.5 Å². The van der Waals surface area contributed by atoms with Crippen LogP contribution in [0.5, 0.6) is 5.75 Å². The van der Waals surface area contributed by atoms with Crippen molar-refractivity contribution in [1.82, 2.24) is 9.55 Å². The topological polar surface area (TPSA) is 69.3 Å². The highest BCUT2D eigenvalue weighted by molar-refractivity contribution is 7.14. The fourth-order valence-electron chi connectivity index (χ4n) is 2.91. The van der Waals surface area contributed by atoms with Gasteiger partial charge < -0.3 is 13.7 Å². The van der Waals surface area contributed by atoms with Crippen LogP contribution in [0.1, 0.15) is 16.1 Å². The van der Waals surface area contributed by atoms with Gasteiger partial charge in [0.15, 0.2) is 10.7 Å². The first-order valence-electron chi connectivity index (χ1n) is 8.01. The number of methoxy groups -OCH3 is 1. The fourth-order valence-corrected chi connectivity index (χ4v) is 3.61. The lowest BCUT2D eigenvalue weighted by atomic mass is 10.1. The normalized spacial score (nSPS) is 11.0. The van der Waals surface area contributed by atoms with E-state index >= 15 is 0 Å².